The van der Waals surface area contributed by atoms with Gasteiger partial charge in [-0.3, -0.25) is 14.6 Å². The van der Waals surface area contributed by atoms with Gasteiger partial charge in [-0.25, -0.2) is 4.79 Å². The summed E-state index contributed by atoms with van der Waals surface area (Å²) >= 11 is 0. The summed E-state index contributed by atoms with van der Waals surface area (Å²) in [5, 5.41) is 11.4. The first-order valence-electron chi connectivity index (χ1n) is 13.1. The Morgan fingerprint density at radius 3 is 1.86 bits per heavy atom. The molecule has 194 valence electrons. The van der Waals surface area contributed by atoms with Crippen LogP contribution in [0.1, 0.15) is 49.4 Å². The van der Waals surface area contributed by atoms with Crippen LogP contribution in [0.3, 0.4) is 0 Å². The Bertz CT molecular complexity index is 1110. The molecule has 0 spiro atoms. The third-order valence-corrected chi connectivity index (χ3v) is 7.28. The van der Waals surface area contributed by atoms with Gasteiger partial charge in [0.1, 0.15) is 6.04 Å². The number of carbonyl (C=O) groups excluding carboxylic acids is 2. The third kappa shape index (κ3) is 5.92. The number of benzene rings is 3. The molecular formula is C31H37N3O3. The molecule has 1 saturated heterocycles. The zero-order valence-corrected chi connectivity index (χ0v) is 21.9. The van der Waals surface area contributed by atoms with Crippen molar-refractivity contribution in [2.24, 2.45) is 0 Å². The number of amides is 3. The van der Waals surface area contributed by atoms with Crippen molar-refractivity contribution >= 4 is 11.9 Å². The highest BCUT2D eigenvalue weighted by Gasteiger charge is 2.49. The second-order valence-electron chi connectivity index (χ2n) is 9.87. The van der Waals surface area contributed by atoms with Crippen LogP contribution in [0.15, 0.2) is 91.0 Å². The number of likely N-dealkylation sites (N-methyl/N-ethyl adjacent to an activating group) is 1. The predicted octanol–water partition coefficient (Wildman–Crippen LogP) is 5.24. The number of hydrogen-bond donors (Lipinski definition) is 1. The number of hydrogen-bond acceptors (Lipinski definition) is 4. The molecule has 1 heterocycles. The Balaban J connectivity index is 1.76. The minimum Gasteiger partial charge on any atom is -0.391 e. The normalized spacial score (nSPS) is 19.3. The van der Waals surface area contributed by atoms with Gasteiger partial charge in [0.05, 0.1) is 18.2 Å². The van der Waals surface area contributed by atoms with Crippen LogP contribution in [0, 0.1) is 0 Å². The maximum absolute atomic E-state index is 14.4. The van der Waals surface area contributed by atoms with Crippen molar-refractivity contribution < 1.29 is 14.7 Å². The van der Waals surface area contributed by atoms with Crippen molar-refractivity contribution in [2.45, 2.75) is 64.0 Å². The van der Waals surface area contributed by atoms with Crippen LogP contribution in [-0.2, 0) is 17.9 Å². The second-order valence-corrected chi connectivity index (χ2v) is 9.87. The molecule has 0 radical (unpaired) electrons. The standard InChI is InChI=1S/C31H37N3O3/c1-4-14-27(35)29(33(21-24-15-8-5-9-16-24)22-25-17-10-6-11-18-25)30(36)34-28(23(2)32(3)31(34)37)26-19-12-7-13-20-26/h5-13,15-20,23,27-29,35H,4,14,21-22H2,1-3H3/t23-,27+,28-,29-/m0/s1. The molecule has 0 saturated carbocycles. The molecule has 0 bridgehead atoms. The van der Waals surface area contributed by atoms with Gasteiger partial charge in [0.25, 0.3) is 5.91 Å². The molecule has 0 aliphatic carbocycles. The molecule has 6 heteroatoms. The van der Waals surface area contributed by atoms with Crippen molar-refractivity contribution in [2.75, 3.05) is 7.05 Å². The number of imide groups is 1. The molecular weight excluding hydrogens is 462 g/mol. The van der Waals surface area contributed by atoms with E-state index in [0.29, 0.717) is 19.5 Å². The van der Waals surface area contributed by atoms with Crippen LogP contribution >= 0.6 is 0 Å². The molecule has 3 amide bonds. The topological polar surface area (TPSA) is 64.1 Å². The smallest absolute Gasteiger partial charge is 0.327 e. The minimum atomic E-state index is -0.921. The van der Waals surface area contributed by atoms with Crippen molar-refractivity contribution in [1.29, 1.82) is 0 Å². The average molecular weight is 500 g/mol. The van der Waals surface area contributed by atoms with Gasteiger partial charge in [-0.1, -0.05) is 104 Å². The molecule has 4 rings (SSSR count). The summed E-state index contributed by atoms with van der Waals surface area (Å²) in [6.45, 7) is 4.89. The summed E-state index contributed by atoms with van der Waals surface area (Å²) in [7, 11) is 1.74. The maximum Gasteiger partial charge on any atom is 0.327 e. The number of urea groups is 1. The Kier molecular flexibility index (Phi) is 8.74. The molecule has 0 unspecified atom stereocenters. The average Bonchev–Trinajstić information content (AvgIpc) is 3.14. The first kappa shape index (κ1) is 26.6. The molecule has 1 aliphatic heterocycles. The molecule has 4 atom stereocenters. The zero-order chi connectivity index (χ0) is 26.4. The monoisotopic (exact) mass is 499 g/mol. The maximum atomic E-state index is 14.4. The predicted molar refractivity (Wildman–Crippen MR) is 145 cm³/mol. The van der Waals surface area contributed by atoms with Gasteiger partial charge in [0, 0.05) is 20.1 Å². The van der Waals surface area contributed by atoms with Gasteiger partial charge < -0.3 is 10.0 Å². The van der Waals surface area contributed by atoms with E-state index in [1.165, 1.54) is 4.90 Å². The Morgan fingerprint density at radius 1 is 0.892 bits per heavy atom. The second kappa shape index (κ2) is 12.2. The van der Waals surface area contributed by atoms with Crippen molar-refractivity contribution in [3.8, 4) is 0 Å². The SMILES string of the molecule is CCC[C@@H](O)[C@@H](C(=O)N1C(=O)N(C)[C@@H](C)[C@H]1c1ccccc1)N(Cc1ccccc1)Cc1ccccc1. The van der Waals surface area contributed by atoms with E-state index in [4.69, 9.17) is 0 Å². The van der Waals surface area contributed by atoms with E-state index in [1.807, 2.05) is 110 Å². The lowest BCUT2D eigenvalue weighted by molar-refractivity contribution is -0.140. The first-order valence-corrected chi connectivity index (χ1v) is 13.1. The molecule has 6 nitrogen and oxygen atoms in total. The summed E-state index contributed by atoms with van der Waals surface area (Å²) in [5.41, 5.74) is 2.98. The molecule has 3 aromatic rings. The highest BCUT2D eigenvalue weighted by Crippen LogP contribution is 2.36. The van der Waals surface area contributed by atoms with E-state index in [1.54, 1.807) is 11.9 Å². The quantitative estimate of drug-likeness (QED) is 0.414. The van der Waals surface area contributed by atoms with Crippen LogP contribution in [0.25, 0.3) is 0 Å². The Morgan fingerprint density at radius 2 is 1.38 bits per heavy atom. The fraction of sp³-hybridized carbons (Fsp3) is 0.355. The van der Waals surface area contributed by atoms with E-state index < -0.39 is 18.2 Å². The number of carbonyl (C=O) groups is 2. The van der Waals surface area contributed by atoms with Gasteiger partial charge in [0.2, 0.25) is 0 Å². The minimum absolute atomic E-state index is 0.195. The number of nitrogens with zero attached hydrogens (tertiary/aromatic N) is 3. The summed E-state index contributed by atoms with van der Waals surface area (Å²) < 4.78 is 0. The molecule has 1 fully saturated rings. The van der Waals surface area contributed by atoms with Crippen LogP contribution in [-0.4, -0.2) is 57.0 Å². The lowest BCUT2D eigenvalue weighted by Gasteiger charge is -2.37. The van der Waals surface area contributed by atoms with Crippen LogP contribution in [0.5, 0.6) is 0 Å². The summed E-state index contributed by atoms with van der Waals surface area (Å²) in [5.74, 6) is -0.358. The van der Waals surface area contributed by atoms with Gasteiger partial charge in [-0.15, -0.1) is 0 Å². The molecule has 3 aromatic carbocycles. The Labute approximate surface area is 220 Å². The van der Waals surface area contributed by atoms with E-state index in [9.17, 15) is 14.7 Å². The lowest BCUT2D eigenvalue weighted by Crippen LogP contribution is -2.55. The highest BCUT2D eigenvalue weighted by molar-refractivity contribution is 5.99. The third-order valence-electron chi connectivity index (χ3n) is 7.28. The van der Waals surface area contributed by atoms with Crippen molar-refractivity contribution in [3.05, 3.63) is 108 Å². The van der Waals surface area contributed by atoms with Crippen LogP contribution in [0.2, 0.25) is 0 Å². The van der Waals surface area contributed by atoms with Crippen molar-refractivity contribution in [1.82, 2.24) is 14.7 Å². The van der Waals surface area contributed by atoms with Gasteiger partial charge >= 0.3 is 6.03 Å². The van der Waals surface area contributed by atoms with E-state index in [-0.39, 0.29) is 18.0 Å². The van der Waals surface area contributed by atoms with Crippen molar-refractivity contribution in [3.63, 3.8) is 0 Å². The fourth-order valence-electron chi connectivity index (χ4n) is 5.25. The van der Waals surface area contributed by atoms with E-state index in [2.05, 4.69) is 0 Å². The highest BCUT2D eigenvalue weighted by atomic mass is 16.3. The lowest BCUT2D eigenvalue weighted by atomic mass is 9.97. The molecule has 1 aliphatic rings. The largest absolute Gasteiger partial charge is 0.391 e. The van der Waals surface area contributed by atoms with Gasteiger partial charge in [-0.05, 0) is 30.0 Å². The molecule has 1 N–H and O–H groups in total. The van der Waals surface area contributed by atoms with E-state index >= 15 is 0 Å². The van der Waals surface area contributed by atoms with E-state index in [0.717, 1.165) is 23.1 Å². The molecule has 37 heavy (non-hydrogen) atoms. The zero-order valence-electron chi connectivity index (χ0n) is 21.9. The summed E-state index contributed by atoms with van der Waals surface area (Å²) in [6, 6.07) is 27.8. The van der Waals surface area contributed by atoms with Gasteiger partial charge in [-0.2, -0.15) is 0 Å². The first-order chi connectivity index (χ1) is 17.9. The molecule has 0 aromatic heterocycles. The number of rotatable bonds is 10. The number of aliphatic hydroxyl groups excluding tert-OH is 1. The van der Waals surface area contributed by atoms with Gasteiger partial charge in [0.15, 0.2) is 0 Å². The summed E-state index contributed by atoms with van der Waals surface area (Å²) in [6.07, 6.45) is 0.261. The van der Waals surface area contributed by atoms with Crippen LogP contribution in [0.4, 0.5) is 4.79 Å². The fourth-order valence-corrected chi connectivity index (χ4v) is 5.25. The Hall–Kier alpha value is -3.48. The van der Waals surface area contributed by atoms with Crippen LogP contribution < -0.4 is 0 Å². The summed E-state index contributed by atoms with van der Waals surface area (Å²) in [4.78, 5) is 33.0. The number of aliphatic hydroxyl groups is 1.